The summed E-state index contributed by atoms with van der Waals surface area (Å²) in [5, 5.41) is 4.13. The van der Waals surface area contributed by atoms with Crippen LogP contribution in [-0.2, 0) is 17.1 Å². The first-order chi connectivity index (χ1) is 17.2. The number of hydrogen-bond acceptors (Lipinski definition) is 3. The van der Waals surface area contributed by atoms with Gasteiger partial charge in [-0.2, -0.15) is 6.07 Å². The number of methoxy groups -OCH3 is 2. The van der Waals surface area contributed by atoms with Gasteiger partial charge in [-0.1, -0.05) is 7.92 Å². The van der Waals surface area contributed by atoms with Crippen molar-refractivity contribution in [1.29, 1.82) is 0 Å². The van der Waals surface area contributed by atoms with E-state index in [0.717, 1.165) is 11.5 Å². The van der Waals surface area contributed by atoms with Crippen LogP contribution in [0, 0.1) is 27.7 Å². The monoisotopic (exact) mass is 557 g/mol. The van der Waals surface area contributed by atoms with Gasteiger partial charge < -0.3 is 44.7 Å². The Kier molecular flexibility index (Phi) is 11.7. The van der Waals surface area contributed by atoms with Crippen LogP contribution in [-0.4, -0.2) is 33.2 Å². The van der Waals surface area contributed by atoms with Crippen LogP contribution in [0.2, 0.25) is 0 Å². The van der Waals surface area contributed by atoms with Crippen LogP contribution >= 0.6 is 7.92 Å². The zero-order valence-corrected chi connectivity index (χ0v) is 25.6. The van der Waals surface area contributed by atoms with Gasteiger partial charge in [-0.3, -0.25) is 0 Å². The molecule has 0 aliphatic carbocycles. The van der Waals surface area contributed by atoms with Gasteiger partial charge in [0.2, 0.25) is 0 Å². The summed E-state index contributed by atoms with van der Waals surface area (Å²) < 4.78 is 11.3. The average Bonchev–Trinajstić information content (AvgIpc) is 3.54. The molecule has 3 nitrogen and oxygen atoms in total. The summed E-state index contributed by atoms with van der Waals surface area (Å²) in [7, 11) is 7.07. The fourth-order valence-electron chi connectivity index (χ4n) is 4.76. The number of ether oxygens (including phenoxy) is 2. The Morgan fingerprint density at radius 1 is 0.757 bits per heavy atom. The maximum absolute atomic E-state index is 5.65. The molecule has 0 spiro atoms. The summed E-state index contributed by atoms with van der Waals surface area (Å²) in [4.78, 5) is 2.28. The molecule has 37 heavy (non-hydrogen) atoms. The average molecular weight is 557 g/mol. The molecule has 204 valence electrons. The van der Waals surface area contributed by atoms with E-state index in [0.29, 0.717) is 6.04 Å². The maximum atomic E-state index is 5.65. The first-order valence-corrected chi connectivity index (χ1v) is 13.7. The van der Waals surface area contributed by atoms with E-state index in [-0.39, 0.29) is 17.1 Å². The van der Waals surface area contributed by atoms with Crippen molar-refractivity contribution in [2.45, 2.75) is 40.7 Å². The molecule has 0 saturated carbocycles. The van der Waals surface area contributed by atoms with Crippen LogP contribution in [0.15, 0.2) is 72.8 Å². The van der Waals surface area contributed by atoms with Crippen LogP contribution in [0.25, 0.3) is 0 Å². The molecule has 0 unspecified atom stereocenters. The van der Waals surface area contributed by atoms with E-state index in [4.69, 9.17) is 9.47 Å². The first kappa shape index (κ1) is 30.9. The number of hydrogen-bond donors (Lipinski definition) is 0. The van der Waals surface area contributed by atoms with E-state index >= 15 is 0 Å². The van der Waals surface area contributed by atoms with Gasteiger partial charge in [0.15, 0.2) is 0 Å². The van der Waals surface area contributed by atoms with Crippen LogP contribution in [0.4, 0.5) is 0 Å². The second-order valence-electron chi connectivity index (χ2n) is 9.53. The van der Waals surface area contributed by atoms with E-state index in [2.05, 4.69) is 96.1 Å². The van der Waals surface area contributed by atoms with Gasteiger partial charge in [0.1, 0.15) is 11.5 Å². The molecule has 0 aromatic heterocycles. The molecule has 4 rings (SSSR count). The summed E-state index contributed by atoms with van der Waals surface area (Å²) in [5.41, 5.74) is 6.12. The van der Waals surface area contributed by atoms with Gasteiger partial charge in [-0.05, 0) is 106 Å². The summed E-state index contributed by atoms with van der Waals surface area (Å²) in [6, 6.07) is 26.4. The molecule has 4 aromatic rings. The Bertz CT molecular complexity index is 1140. The second kappa shape index (κ2) is 14.0. The van der Waals surface area contributed by atoms with Crippen molar-refractivity contribution in [3.8, 4) is 11.5 Å². The smallest absolute Gasteiger partial charge is 0.124 e. The Balaban J connectivity index is 0.000000716. The third-order valence-corrected chi connectivity index (χ3v) is 9.10. The number of aryl methyl sites for hydroxylation is 4. The van der Waals surface area contributed by atoms with Crippen molar-refractivity contribution in [2.24, 2.45) is 0 Å². The fraction of sp³-hybridized carbons (Fsp3) is 0.312. The SMILES string of the molecule is COc1c(C)cc(P(c2cc(C)c(OC)c(C)c2)[c-]2cccc2[C@@H](C)N(C)C)cc1C.[Fe].[cH-]1[cH-][cH-][cH-][cH-]1. The zero-order chi connectivity index (χ0) is 26.4. The minimum atomic E-state index is -0.724. The molecule has 0 fully saturated rings. The summed E-state index contributed by atoms with van der Waals surface area (Å²) in [6.07, 6.45) is 0. The minimum Gasteiger partial charge on any atom is -0.748 e. The zero-order valence-electron chi connectivity index (χ0n) is 23.6. The largest absolute Gasteiger partial charge is 0.748 e. The van der Waals surface area contributed by atoms with Crippen molar-refractivity contribution < 1.29 is 26.5 Å². The van der Waals surface area contributed by atoms with Crippen molar-refractivity contribution in [3.05, 3.63) is 101 Å². The summed E-state index contributed by atoms with van der Waals surface area (Å²) in [6.45, 7) is 10.8. The molecule has 1 atom stereocenters. The minimum absolute atomic E-state index is 0. The standard InChI is InChI=1S/C27H35NO2P.C5H5.Fe/c1-17-13-22(14-18(2)26(17)29-8)31(23-15-19(3)27(30-9)20(4)16-23)25-12-10-11-24(25)21(5)28(6)7;1-2-4-5-3-1;/h10-16,21H,1-9H3;1-5H;/q-1;-5;/t21-;;/m1../s1. The van der Waals surface area contributed by atoms with Gasteiger partial charge in [-0.15, -0.1) is 10.9 Å². The maximum Gasteiger partial charge on any atom is 0.124 e. The second-order valence-corrected chi connectivity index (χ2v) is 11.7. The molecule has 0 aliphatic rings. The van der Waals surface area contributed by atoms with Crippen LogP contribution in [0.1, 0.15) is 40.8 Å². The van der Waals surface area contributed by atoms with E-state index in [1.165, 1.54) is 43.7 Å². The van der Waals surface area contributed by atoms with Crippen molar-refractivity contribution >= 4 is 23.8 Å². The normalized spacial score (nSPS) is 11.5. The predicted molar refractivity (Wildman–Crippen MR) is 157 cm³/mol. The molecule has 0 bridgehead atoms. The Morgan fingerprint density at radius 2 is 1.14 bits per heavy atom. The quantitative estimate of drug-likeness (QED) is 0.148. The topological polar surface area (TPSA) is 21.7 Å². The van der Waals surface area contributed by atoms with Gasteiger partial charge in [0, 0.05) is 23.1 Å². The fourth-order valence-corrected chi connectivity index (χ4v) is 7.66. The van der Waals surface area contributed by atoms with E-state index in [1.54, 1.807) is 14.2 Å². The molecule has 0 amide bonds. The van der Waals surface area contributed by atoms with Gasteiger partial charge in [-0.25, -0.2) is 12.1 Å². The molecule has 0 saturated heterocycles. The van der Waals surface area contributed by atoms with Crippen LogP contribution < -0.4 is 25.4 Å². The molecule has 0 N–H and O–H groups in total. The van der Waals surface area contributed by atoms with E-state index in [1.807, 2.05) is 30.3 Å². The van der Waals surface area contributed by atoms with Crippen molar-refractivity contribution in [1.82, 2.24) is 4.90 Å². The molecule has 0 aliphatic heterocycles. The first-order valence-electron chi connectivity index (χ1n) is 12.4. The number of nitrogens with zero attached hydrogens (tertiary/aromatic N) is 1. The molecular weight excluding hydrogens is 517 g/mol. The van der Waals surface area contributed by atoms with Crippen molar-refractivity contribution in [3.63, 3.8) is 0 Å². The molecule has 5 heteroatoms. The number of rotatable bonds is 7. The molecule has 0 heterocycles. The Morgan fingerprint density at radius 3 is 1.46 bits per heavy atom. The van der Waals surface area contributed by atoms with Crippen molar-refractivity contribution in [2.75, 3.05) is 28.3 Å². The number of benzene rings is 2. The van der Waals surface area contributed by atoms with Gasteiger partial charge in [0.25, 0.3) is 0 Å². The van der Waals surface area contributed by atoms with Gasteiger partial charge >= 0.3 is 0 Å². The third-order valence-electron chi connectivity index (χ3n) is 6.66. The van der Waals surface area contributed by atoms with E-state index in [9.17, 15) is 0 Å². The van der Waals surface area contributed by atoms with E-state index < -0.39 is 7.92 Å². The Hall–Kier alpha value is -2.35. The van der Waals surface area contributed by atoms with Gasteiger partial charge in [0.05, 0.1) is 14.2 Å². The third kappa shape index (κ3) is 7.15. The molecule has 0 radical (unpaired) electrons. The van der Waals surface area contributed by atoms with Crippen LogP contribution in [0.5, 0.6) is 11.5 Å². The molecular formula is C32H40FeNO2P-6. The summed E-state index contributed by atoms with van der Waals surface area (Å²) >= 11 is 0. The molecule has 4 aromatic carbocycles. The predicted octanol–water partition coefficient (Wildman–Crippen LogP) is 6.44. The Labute approximate surface area is 235 Å². The van der Waals surface area contributed by atoms with Crippen LogP contribution in [0.3, 0.4) is 0 Å². The summed E-state index contributed by atoms with van der Waals surface area (Å²) in [5.74, 6) is 1.95.